The Morgan fingerprint density at radius 1 is 1.09 bits per heavy atom. The smallest absolute Gasteiger partial charge is 0.545 e. The van der Waals surface area contributed by atoms with Gasteiger partial charge in [0, 0.05) is 24.3 Å². The molecule has 0 saturated carbocycles. The van der Waals surface area contributed by atoms with Crippen molar-refractivity contribution in [1.29, 1.82) is 0 Å². The molecule has 0 saturated heterocycles. The van der Waals surface area contributed by atoms with Crippen molar-refractivity contribution in [3.8, 4) is 0 Å². The third-order valence-electron chi connectivity index (χ3n) is 2.10. The molecule has 0 aromatic rings. The maximum absolute atomic E-state index is 10.9. The number of aliphatic carboxylic acids is 1. The van der Waals surface area contributed by atoms with E-state index in [1.165, 1.54) is 0 Å². The van der Waals surface area contributed by atoms with Gasteiger partial charge in [-0.3, -0.25) is 0 Å². The SMILES string of the molecule is C=CC(=O)OCC[Si](C)(OC(C)C)OC(C)C.C=CC(=O)[O-].[Na+]. The predicted molar refractivity (Wildman–Crippen MR) is 85.2 cm³/mol. The molecule has 0 aliphatic carbocycles. The van der Waals surface area contributed by atoms with Crippen molar-refractivity contribution in [3.63, 3.8) is 0 Å². The molecular weight excluding hydrogens is 327 g/mol. The van der Waals surface area contributed by atoms with Crippen molar-refractivity contribution in [2.45, 2.75) is 52.5 Å². The first-order chi connectivity index (χ1) is 10.1. The number of esters is 1. The van der Waals surface area contributed by atoms with Gasteiger partial charge in [0.1, 0.15) is 0 Å². The van der Waals surface area contributed by atoms with Crippen LogP contribution < -0.4 is 34.7 Å². The Labute approximate surface area is 162 Å². The van der Waals surface area contributed by atoms with Gasteiger partial charge in [-0.05, 0) is 40.3 Å². The summed E-state index contributed by atoms with van der Waals surface area (Å²) in [5.41, 5.74) is 0. The van der Waals surface area contributed by atoms with E-state index < -0.39 is 20.5 Å². The monoisotopic (exact) mass is 354 g/mol. The van der Waals surface area contributed by atoms with Gasteiger partial charge in [0.05, 0.1) is 12.6 Å². The number of hydrogen-bond acceptors (Lipinski definition) is 6. The second-order valence-corrected chi connectivity index (χ2v) is 8.35. The van der Waals surface area contributed by atoms with Gasteiger partial charge in [-0.15, -0.1) is 0 Å². The molecule has 6 nitrogen and oxygen atoms in total. The topological polar surface area (TPSA) is 84.9 Å². The largest absolute Gasteiger partial charge is 1.00 e. The van der Waals surface area contributed by atoms with Gasteiger partial charge in [-0.25, -0.2) is 4.79 Å². The molecule has 0 aromatic carbocycles. The Hall–Kier alpha value is -0.443. The molecule has 0 radical (unpaired) electrons. The predicted octanol–water partition coefficient (Wildman–Crippen LogP) is -1.44. The number of hydrogen-bond donors (Lipinski definition) is 0. The van der Waals surface area contributed by atoms with Gasteiger partial charge >= 0.3 is 44.1 Å². The Morgan fingerprint density at radius 3 is 1.74 bits per heavy atom. The number of ether oxygens (including phenoxy) is 1. The molecule has 0 atom stereocenters. The molecule has 0 aromatic heterocycles. The van der Waals surface area contributed by atoms with Crippen molar-refractivity contribution in [1.82, 2.24) is 0 Å². The summed E-state index contributed by atoms with van der Waals surface area (Å²) in [5, 5.41) is 9.14. The van der Waals surface area contributed by atoms with Gasteiger partial charge in [-0.2, -0.15) is 0 Å². The molecule has 8 heteroatoms. The van der Waals surface area contributed by atoms with Gasteiger partial charge < -0.3 is 23.5 Å². The van der Waals surface area contributed by atoms with Gasteiger partial charge in [0.25, 0.3) is 0 Å². The molecule has 128 valence electrons. The number of carboxylic acids is 1. The number of carbonyl (C=O) groups excluding carboxylic acids is 2. The summed E-state index contributed by atoms with van der Waals surface area (Å²) in [7, 11) is -2.27. The van der Waals surface area contributed by atoms with Crippen LogP contribution in [-0.2, 0) is 23.2 Å². The zero-order valence-corrected chi connectivity index (χ0v) is 18.1. The van der Waals surface area contributed by atoms with Gasteiger partial charge in [0.15, 0.2) is 0 Å². The number of carbonyl (C=O) groups is 2. The normalized spacial score (nSPS) is 10.2. The van der Waals surface area contributed by atoms with E-state index in [0.29, 0.717) is 12.7 Å². The van der Waals surface area contributed by atoms with E-state index in [4.69, 9.17) is 23.5 Å². The first-order valence-corrected chi connectivity index (χ1v) is 9.57. The van der Waals surface area contributed by atoms with E-state index in [9.17, 15) is 4.79 Å². The minimum absolute atomic E-state index is 0. The van der Waals surface area contributed by atoms with Gasteiger partial charge in [-0.1, -0.05) is 13.2 Å². The van der Waals surface area contributed by atoms with E-state index in [1.807, 2.05) is 34.2 Å². The fourth-order valence-corrected chi connectivity index (χ4v) is 4.30. The fourth-order valence-electron chi connectivity index (χ4n) is 1.54. The third kappa shape index (κ3) is 19.5. The van der Waals surface area contributed by atoms with Crippen LogP contribution in [0.3, 0.4) is 0 Å². The molecule has 0 aliphatic rings. The van der Waals surface area contributed by atoms with Crippen molar-refractivity contribution >= 4 is 20.5 Å². The van der Waals surface area contributed by atoms with E-state index in [2.05, 4.69) is 13.2 Å². The van der Waals surface area contributed by atoms with Crippen LogP contribution in [0.25, 0.3) is 0 Å². The molecule has 23 heavy (non-hydrogen) atoms. The van der Waals surface area contributed by atoms with Crippen LogP contribution in [0.15, 0.2) is 25.3 Å². The Morgan fingerprint density at radius 2 is 1.48 bits per heavy atom. The maximum Gasteiger partial charge on any atom is 1.00 e. The molecule has 0 amide bonds. The average molecular weight is 354 g/mol. The summed E-state index contributed by atoms with van der Waals surface area (Å²) in [6, 6.07) is 0.628. The summed E-state index contributed by atoms with van der Waals surface area (Å²) in [5.74, 6) is -1.64. The van der Waals surface area contributed by atoms with Crippen LogP contribution in [0.2, 0.25) is 12.6 Å². The Bertz CT molecular complexity index is 361. The first kappa shape index (κ1) is 27.4. The zero-order valence-electron chi connectivity index (χ0n) is 15.1. The van der Waals surface area contributed by atoms with Crippen molar-refractivity contribution in [2.24, 2.45) is 0 Å². The van der Waals surface area contributed by atoms with Crippen molar-refractivity contribution in [3.05, 3.63) is 25.3 Å². The maximum atomic E-state index is 10.9. The third-order valence-corrected chi connectivity index (χ3v) is 5.16. The minimum Gasteiger partial charge on any atom is -0.545 e. The quantitative estimate of drug-likeness (QED) is 0.287. The first-order valence-electron chi connectivity index (χ1n) is 7.04. The second-order valence-electron chi connectivity index (χ2n) is 5.11. The molecular formula is C15H27NaO6Si. The van der Waals surface area contributed by atoms with E-state index in [0.717, 1.165) is 12.2 Å². The number of rotatable bonds is 9. The molecule has 0 unspecified atom stereocenters. The molecule has 0 N–H and O–H groups in total. The van der Waals surface area contributed by atoms with Crippen LogP contribution in [-0.4, -0.2) is 39.3 Å². The van der Waals surface area contributed by atoms with Gasteiger partial charge in [0.2, 0.25) is 0 Å². The van der Waals surface area contributed by atoms with Crippen molar-refractivity contribution < 1.29 is 57.8 Å². The molecule has 0 aliphatic heterocycles. The van der Waals surface area contributed by atoms with Crippen LogP contribution in [0.4, 0.5) is 0 Å². The summed E-state index contributed by atoms with van der Waals surface area (Å²) in [4.78, 5) is 20.1. The van der Waals surface area contributed by atoms with Crippen LogP contribution >= 0.6 is 0 Å². The van der Waals surface area contributed by atoms with E-state index in [1.54, 1.807) is 0 Å². The van der Waals surface area contributed by atoms with Crippen LogP contribution in [0, 0.1) is 0 Å². The zero-order chi connectivity index (χ0) is 17.8. The summed E-state index contributed by atoms with van der Waals surface area (Å²) >= 11 is 0. The average Bonchev–Trinajstić information content (AvgIpc) is 2.36. The van der Waals surface area contributed by atoms with E-state index >= 15 is 0 Å². The fraction of sp³-hybridized carbons (Fsp3) is 0.600. The Balaban J connectivity index is -0.000000578. The summed E-state index contributed by atoms with van der Waals surface area (Å²) in [6.45, 7) is 16.5. The standard InChI is InChI=1S/C12H24O4Si.C3H4O2.Na/c1-7-12(13)14-8-9-17(6,15-10(2)3)16-11(4)5;1-2-3(4)5;/h7,10-11H,1,8-9H2,2-6H3;2H,1H2,(H,4,5);/q;;+1/p-1. The molecule has 0 rings (SSSR count). The number of carboxylic acid groups (broad SMARTS) is 1. The minimum atomic E-state index is -2.27. The van der Waals surface area contributed by atoms with Crippen molar-refractivity contribution in [2.75, 3.05) is 6.61 Å². The van der Waals surface area contributed by atoms with Crippen LogP contribution in [0.1, 0.15) is 27.7 Å². The molecule has 0 spiro atoms. The molecule has 0 heterocycles. The summed E-state index contributed by atoms with van der Waals surface area (Å²) < 4.78 is 16.7. The molecule has 0 fully saturated rings. The Kier molecular flexibility index (Phi) is 18.0. The van der Waals surface area contributed by atoms with E-state index in [-0.39, 0.29) is 41.8 Å². The second kappa shape index (κ2) is 15.1. The summed E-state index contributed by atoms with van der Waals surface area (Å²) in [6.07, 6.45) is 2.10. The molecule has 0 bridgehead atoms. The van der Waals surface area contributed by atoms with Crippen LogP contribution in [0.5, 0.6) is 0 Å².